The van der Waals surface area contributed by atoms with E-state index in [1.807, 2.05) is 42.5 Å². The molecule has 0 saturated carbocycles. The van der Waals surface area contributed by atoms with Crippen LogP contribution >= 0.6 is 0 Å². The summed E-state index contributed by atoms with van der Waals surface area (Å²) in [5.74, 6) is 1.78. The first-order valence-electron chi connectivity index (χ1n) is 11.4. The number of nitrogens with zero attached hydrogens (tertiary/aromatic N) is 2. The highest BCUT2D eigenvalue weighted by Gasteiger charge is 2.28. The van der Waals surface area contributed by atoms with Crippen molar-refractivity contribution in [3.05, 3.63) is 88.2 Å². The number of rotatable bonds is 6. The molecule has 0 aliphatic carbocycles. The molecule has 5 rings (SSSR count). The first kappa shape index (κ1) is 21.0. The fourth-order valence-electron chi connectivity index (χ4n) is 4.69. The molecule has 2 aliphatic heterocycles. The highest BCUT2D eigenvalue weighted by atomic mass is 16.5. The van der Waals surface area contributed by atoms with Gasteiger partial charge in [-0.3, -0.25) is 9.88 Å². The standard InChI is InChI=1S/C27H30N2O3/c1-19-14-23-25(17-31-19)24-16-29(15-20-8-10-21(30-2)11-9-20)13-12-26(24)28-27(23)18-32-22-6-4-3-5-7-22/h3-11,19H,12-18H2,1-2H3. The number of pyridine rings is 1. The Morgan fingerprint density at radius 2 is 1.81 bits per heavy atom. The summed E-state index contributed by atoms with van der Waals surface area (Å²) in [5.41, 5.74) is 7.59. The molecule has 2 aliphatic rings. The normalized spacial score (nSPS) is 18.0. The van der Waals surface area contributed by atoms with E-state index in [1.54, 1.807) is 7.11 Å². The Bertz CT molecular complexity index is 1070. The molecule has 1 aromatic heterocycles. The molecular formula is C27H30N2O3. The quantitative estimate of drug-likeness (QED) is 0.568. The van der Waals surface area contributed by atoms with Gasteiger partial charge in [0.25, 0.3) is 0 Å². The molecular weight excluding hydrogens is 400 g/mol. The van der Waals surface area contributed by atoms with Crippen LogP contribution in [0.4, 0.5) is 0 Å². The van der Waals surface area contributed by atoms with Crippen molar-refractivity contribution in [3.63, 3.8) is 0 Å². The van der Waals surface area contributed by atoms with Crippen LogP contribution in [-0.4, -0.2) is 29.6 Å². The average Bonchev–Trinajstić information content (AvgIpc) is 2.83. The smallest absolute Gasteiger partial charge is 0.130 e. The minimum Gasteiger partial charge on any atom is -0.497 e. The van der Waals surface area contributed by atoms with Crippen LogP contribution < -0.4 is 9.47 Å². The zero-order valence-electron chi connectivity index (χ0n) is 18.8. The second-order valence-corrected chi connectivity index (χ2v) is 8.68. The van der Waals surface area contributed by atoms with Crippen LogP contribution in [0.15, 0.2) is 54.6 Å². The van der Waals surface area contributed by atoms with E-state index >= 15 is 0 Å². The van der Waals surface area contributed by atoms with Crippen molar-refractivity contribution >= 4 is 0 Å². The summed E-state index contributed by atoms with van der Waals surface area (Å²) in [5, 5.41) is 0. The molecule has 0 amide bonds. The number of aromatic nitrogens is 1. The Kier molecular flexibility index (Phi) is 6.10. The molecule has 1 unspecified atom stereocenters. The van der Waals surface area contributed by atoms with Crippen LogP contribution in [0.5, 0.6) is 11.5 Å². The molecule has 166 valence electrons. The van der Waals surface area contributed by atoms with Gasteiger partial charge in [-0.05, 0) is 53.4 Å². The highest BCUT2D eigenvalue weighted by Crippen LogP contribution is 2.32. The predicted octanol–water partition coefficient (Wildman–Crippen LogP) is 4.69. The summed E-state index contributed by atoms with van der Waals surface area (Å²) < 4.78 is 17.4. The lowest BCUT2D eigenvalue weighted by Crippen LogP contribution is -2.34. The van der Waals surface area contributed by atoms with E-state index in [2.05, 4.69) is 24.0 Å². The summed E-state index contributed by atoms with van der Waals surface area (Å²) >= 11 is 0. The third-order valence-corrected chi connectivity index (χ3v) is 6.43. The second-order valence-electron chi connectivity index (χ2n) is 8.68. The van der Waals surface area contributed by atoms with Gasteiger partial charge in [0.1, 0.15) is 18.1 Å². The van der Waals surface area contributed by atoms with Gasteiger partial charge in [0.2, 0.25) is 0 Å². The minimum absolute atomic E-state index is 0.205. The van der Waals surface area contributed by atoms with E-state index < -0.39 is 0 Å². The van der Waals surface area contributed by atoms with Gasteiger partial charge in [-0.1, -0.05) is 30.3 Å². The van der Waals surface area contributed by atoms with E-state index in [0.717, 1.165) is 49.7 Å². The molecule has 0 radical (unpaired) electrons. The summed E-state index contributed by atoms with van der Waals surface area (Å²) in [6.45, 7) is 6.14. The third kappa shape index (κ3) is 4.50. The number of para-hydroxylation sites is 1. The Morgan fingerprint density at radius 3 is 2.59 bits per heavy atom. The van der Waals surface area contributed by atoms with E-state index in [4.69, 9.17) is 19.2 Å². The number of benzene rings is 2. The van der Waals surface area contributed by atoms with Gasteiger partial charge in [-0.15, -0.1) is 0 Å². The molecule has 2 aromatic carbocycles. The predicted molar refractivity (Wildman–Crippen MR) is 124 cm³/mol. The summed E-state index contributed by atoms with van der Waals surface area (Å²) in [6.07, 6.45) is 2.05. The van der Waals surface area contributed by atoms with E-state index in [1.165, 1.54) is 27.9 Å². The van der Waals surface area contributed by atoms with Gasteiger partial charge in [-0.2, -0.15) is 0 Å². The summed E-state index contributed by atoms with van der Waals surface area (Å²) in [6, 6.07) is 18.4. The van der Waals surface area contributed by atoms with Crippen molar-refractivity contribution < 1.29 is 14.2 Å². The number of hydrogen-bond donors (Lipinski definition) is 0. The lowest BCUT2D eigenvalue weighted by Gasteiger charge is -2.34. The van der Waals surface area contributed by atoms with Crippen molar-refractivity contribution in [2.75, 3.05) is 13.7 Å². The largest absolute Gasteiger partial charge is 0.497 e. The number of hydrogen-bond acceptors (Lipinski definition) is 5. The van der Waals surface area contributed by atoms with Gasteiger partial charge in [0.05, 0.1) is 25.5 Å². The van der Waals surface area contributed by atoms with Gasteiger partial charge in [-0.25, -0.2) is 0 Å². The number of methoxy groups -OCH3 is 1. The van der Waals surface area contributed by atoms with Gasteiger partial charge < -0.3 is 14.2 Å². The maximum Gasteiger partial charge on any atom is 0.130 e. The lowest BCUT2D eigenvalue weighted by molar-refractivity contribution is 0.0387. The molecule has 0 N–H and O–H groups in total. The van der Waals surface area contributed by atoms with Crippen LogP contribution in [0, 0.1) is 0 Å². The Morgan fingerprint density at radius 1 is 1.00 bits per heavy atom. The minimum atomic E-state index is 0.205. The topological polar surface area (TPSA) is 43.8 Å². The zero-order chi connectivity index (χ0) is 21.9. The van der Waals surface area contributed by atoms with Crippen LogP contribution in [0.3, 0.4) is 0 Å². The average molecular weight is 431 g/mol. The van der Waals surface area contributed by atoms with Crippen molar-refractivity contribution in [2.45, 2.75) is 52.2 Å². The molecule has 0 fully saturated rings. The third-order valence-electron chi connectivity index (χ3n) is 6.43. The molecule has 5 heteroatoms. The van der Waals surface area contributed by atoms with Crippen molar-refractivity contribution in [2.24, 2.45) is 0 Å². The fourth-order valence-corrected chi connectivity index (χ4v) is 4.69. The number of fused-ring (bicyclic) bond motifs is 3. The zero-order valence-corrected chi connectivity index (χ0v) is 18.8. The van der Waals surface area contributed by atoms with Gasteiger partial charge in [0, 0.05) is 38.2 Å². The van der Waals surface area contributed by atoms with Crippen molar-refractivity contribution in [1.82, 2.24) is 9.88 Å². The molecule has 3 heterocycles. The number of ether oxygens (including phenoxy) is 3. The second kappa shape index (κ2) is 9.31. The summed E-state index contributed by atoms with van der Waals surface area (Å²) in [7, 11) is 1.70. The van der Waals surface area contributed by atoms with Crippen LogP contribution in [0.2, 0.25) is 0 Å². The highest BCUT2D eigenvalue weighted by molar-refractivity contribution is 5.43. The molecule has 0 spiro atoms. The Hall–Kier alpha value is -2.89. The molecule has 0 saturated heterocycles. The molecule has 0 bridgehead atoms. The van der Waals surface area contributed by atoms with E-state index in [0.29, 0.717) is 13.2 Å². The van der Waals surface area contributed by atoms with Crippen molar-refractivity contribution in [1.29, 1.82) is 0 Å². The Balaban J connectivity index is 1.38. The first-order valence-corrected chi connectivity index (χ1v) is 11.4. The summed E-state index contributed by atoms with van der Waals surface area (Å²) in [4.78, 5) is 7.62. The molecule has 5 nitrogen and oxygen atoms in total. The maximum atomic E-state index is 6.08. The maximum absolute atomic E-state index is 6.08. The van der Waals surface area contributed by atoms with Gasteiger partial charge in [0.15, 0.2) is 0 Å². The first-order chi connectivity index (χ1) is 15.7. The molecule has 3 aromatic rings. The monoisotopic (exact) mass is 430 g/mol. The fraction of sp³-hybridized carbons (Fsp3) is 0.370. The van der Waals surface area contributed by atoms with E-state index in [-0.39, 0.29) is 6.10 Å². The van der Waals surface area contributed by atoms with E-state index in [9.17, 15) is 0 Å². The molecule has 32 heavy (non-hydrogen) atoms. The molecule has 1 atom stereocenters. The van der Waals surface area contributed by atoms with Crippen molar-refractivity contribution in [3.8, 4) is 11.5 Å². The SMILES string of the molecule is COc1ccc(CN2CCc3nc(COc4ccccc4)c4c(c3C2)COC(C)C4)cc1. The van der Waals surface area contributed by atoms with Gasteiger partial charge >= 0.3 is 0 Å². The van der Waals surface area contributed by atoms with Crippen LogP contribution in [0.1, 0.15) is 40.6 Å². The van der Waals surface area contributed by atoms with Crippen LogP contribution in [-0.2, 0) is 43.9 Å². The van der Waals surface area contributed by atoms with Crippen LogP contribution in [0.25, 0.3) is 0 Å². The lowest BCUT2D eigenvalue weighted by atomic mass is 9.90. The Labute approximate surface area is 190 Å².